The summed E-state index contributed by atoms with van der Waals surface area (Å²) in [6, 6.07) is 86.5. The van der Waals surface area contributed by atoms with E-state index in [0.717, 1.165) is 78.0 Å². The fraction of sp³-hybridized carbons (Fsp3) is 0.0154. The van der Waals surface area contributed by atoms with Gasteiger partial charge in [0.1, 0.15) is 11.6 Å². The standard InChI is InChI=1S/C65H42F2N2/c66-57-32-13-17-36-62(57)68(59-34-15-9-24-46(59)43-20-3-1-4-21-43)45-38-39-50-51-40-41-61(69(63-37-18-14-33-58(63)67)60-35-16-10-25-47(60)44-22-5-2-6-23-44)52-28-19-31-55(64(51)52)65(56(50)42-45)53-29-11-7-26-48(53)49-27-8-12-30-54(49)65/h1-42H. The van der Waals surface area contributed by atoms with Crippen LogP contribution in [0.2, 0.25) is 0 Å². The van der Waals surface area contributed by atoms with Gasteiger partial charge in [-0.25, -0.2) is 8.78 Å². The van der Waals surface area contributed by atoms with E-state index in [4.69, 9.17) is 0 Å². The maximum absolute atomic E-state index is 16.6. The van der Waals surface area contributed by atoms with Crippen LogP contribution in [0, 0.1) is 11.6 Å². The minimum atomic E-state index is -0.797. The highest BCUT2D eigenvalue weighted by atomic mass is 19.1. The highest BCUT2D eigenvalue weighted by Gasteiger charge is 2.50. The quantitative estimate of drug-likeness (QED) is 0.150. The lowest BCUT2D eigenvalue weighted by Gasteiger charge is -2.41. The smallest absolute Gasteiger partial charge is 0.147 e. The maximum Gasteiger partial charge on any atom is 0.147 e. The second-order valence-electron chi connectivity index (χ2n) is 17.8. The number of rotatable bonds is 8. The molecule has 0 aliphatic heterocycles. The van der Waals surface area contributed by atoms with Crippen molar-refractivity contribution in [1.82, 2.24) is 0 Å². The van der Waals surface area contributed by atoms with Crippen LogP contribution in [0.15, 0.2) is 255 Å². The van der Waals surface area contributed by atoms with Crippen molar-refractivity contribution in [2.45, 2.75) is 5.41 Å². The Morgan fingerprint density at radius 1 is 0.275 bits per heavy atom. The summed E-state index contributed by atoms with van der Waals surface area (Å²) < 4.78 is 33.1. The van der Waals surface area contributed by atoms with Gasteiger partial charge >= 0.3 is 0 Å². The van der Waals surface area contributed by atoms with Crippen molar-refractivity contribution < 1.29 is 8.78 Å². The lowest BCUT2D eigenvalue weighted by atomic mass is 9.61. The normalized spacial score (nSPS) is 12.6. The first-order valence-electron chi connectivity index (χ1n) is 23.4. The molecule has 0 unspecified atom stereocenters. The summed E-state index contributed by atoms with van der Waals surface area (Å²) >= 11 is 0. The van der Waals surface area contributed by atoms with Gasteiger partial charge in [-0.15, -0.1) is 0 Å². The number of halogens is 2. The predicted molar refractivity (Wildman–Crippen MR) is 280 cm³/mol. The number of benzene rings is 11. The zero-order valence-corrected chi connectivity index (χ0v) is 37.4. The molecule has 0 bridgehead atoms. The van der Waals surface area contributed by atoms with E-state index >= 15 is 8.78 Å². The van der Waals surface area contributed by atoms with E-state index < -0.39 is 5.41 Å². The van der Waals surface area contributed by atoms with Gasteiger partial charge < -0.3 is 9.80 Å². The average molecular weight is 889 g/mol. The van der Waals surface area contributed by atoms with Gasteiger partial charge in [0, 0.05) is 22.2 Å². The Kier molecular flexibility index (Phi) is 9.48. The predicted octanol–water partition coefficient (Wildman–Crippen LogP) is 17.7. The summed E-state index contributed by atoms with van der Waals surface area (Å²) in [6.07, 6.45) is 0. The summed E-state index contributed by atoms with van der Waals surface area (Å²) in [4.78, 5) is 4.17. The Labute approximate surface area is 400 Å². The number of hydrogen-bond acceptors (Lipinski definition) is 2. The molecular formula is C65H42F2N2. The second-order valence-corrected chi connectivity index (χ2v) is 17.8. The Bertz CT molecular complexity index is 3740. The highest BCUT2D eigenvalue weighted by molar-refractivity contribution is 6.13. The van der Waals surface area contributed by atoms with Crippen LogP contribution in [0.4, 0.5) is 42.9 Å². The van der Waals surface area contributed by atoms with Crippen molar-refractivity contribution in [1.29, 1.82) is 0 Å². The van der Waals surface area contributed by atoms with Crippen LogP contribution in [0.1, 0.15) is 22.3 Å². The largest absolute Gasteiger partial charge is 0.307 e. The van der Waals surface area contributed by atoms with Crippen LogP contribution in [-0.2, 0) is 5.41 Å². The second kappa shape index (κ2) is 16.2. The molecule has 0 aromatic heterocycles. The molecule has 0 N–H and O–H groups in total. The summed E-state index contributed by atoms with van der Waals surface area (Å²) in [5.74, 6) is -0.637. The monoisotopic (exact) mass is 888 g/mol. The van der Waals surface area contributed by atoms with E-state index in [9.17, 15) is 0 Å². The minimum Gasteiger partial charge on any atom is -0.307 e. The first-order chi connectivity index (χ1) is 34.1. The number of anilines is 6. The Morgan fingerprint density at radius 3 is 1.29 bits per heavy atom. The van der Waals surface area contributed by atoms with Crippen molar-refractivity contribution in [3.05, 3.63) is 289 Å². The van der Waals surface area contributed by atoms with E-state index in [2.05, 4.69) is 155 Å². The molecule has 0 saturated heterocycles. The van der Waals surface area contributed by atoms with Crippen LogP contribution in [-0.4, -0.2) is 0 Å². The fourth-order valence-electron chi connectivity index (χ4n) is 11.4. The lowest BCUT2D eigenvalue weighted by Crippen LogP contribution is -2.32. The summed E-state index contributed by atoms with van der Waals surface area (Å²) in [5, 5.41) is 2.09. The zero-order valence-electron chi connectivity index (χ0n) is 37.4. The third-order valence-corrected chi connectivity index (χ3v) is 14.2. The molecule has 13 rings (SSSR count). The topological polar surface area (TPSA) is 6.48 Å². The molecule has 69 heavy (non-hydrogen) atoms. The van der Waals surface area contributed by atoms with Gasteiger partial charge in [0.25, 0.3) is 0 Å². The molecule has 1 spiro atoms. The minimum absolute atomic E-state index is 0.318. The van der Waals surface area contributed by atoms with Gasteiger partial charge in [0.05, 0.1) is 33.9 Å². The molecule has 0 heterocycles. The van der Waals surface area contributed by atoms with E-state index in [1.807, 2.05) is 84.9 Å². The van der Waals surface area contributed by atoms with Crippen molar-refractivity contribution >= 4 is 44.9 Å². The summed E-state index contributed by atoms with van der Waals surface area (Å²) in [7, 11) is 0. The van der Waals surface area contributed by atoms with Crippen molar-refractivity contribution in [3.8, 4) is 44.5 Å². The van der Waals surface area contributed by atoms with Gasteiger partial charge in [-0.3, -0.25) is 0 Å². The first kappa shape index (κ1) is 40.4. The first-order valence-corrected chi connectivity index (χ1v) is 23.4. The number of fused-ring (bicyclic) bond motifs is 9. The van der Waals surface area contributed by atoms with Crippen LogP contribution in [0.3, 0.4) is 0 Å². The van der Waals surface area contributed by atoms with Crippen LogP contribution >= 0.6 is 0 Å². The van der Waals surface area contributed by atoms with Gasteiger partial charge in [-0.1, -0.05) is 200 Å². The molecule has 0 amide bonds. The highest BCUT2D eigenvalue weighted by Crippen LogP contribution is 2.63. The van der Waals surface area contributed by atoms with E-state index in [1.54, 1.807) is 12.1 Å². The van der Waals surface area contributed by atoms with Crippen molar-refractivity contribution in [2.24, 2.45) is 0 Å². The molecule has 0 radical (unpaired) electrons. The zero-order chi connectivity index (χ0) is 46.1. The Hall–Kier alpha value is -8.86. The summed E-state index contributed by atoms with van der Waals surface area (Å²) in [5.41, 5.74) is 16.7. The fourth-order valence-corrected chi connectivity index (χ4v) is 11.4. The number of para-hydroxylation sites is 4. The Morgan fingerprint density at radius 2 is 0.710 bits per heavy atom. The number of nitrogens with zero attached hydrogens (tertiary/aromatic N) is 2. The molecule has 0 saturated carbocycles. The maximum atomic E-state index is 16.6. The van der Waals surface area contributed by atoms with Crippen LogP contribution in [0.25, 0.3) is 55.3 Å². The molecule has 0 atom stereocenters. The molecule has 0 fully saturated rings. The average Bonchev–Trinajstić information content (AvgIpc) is 3.71. The molecular weight excluding hydrogens is 847 g/mol. The SMILES string of the molecule is Fc1ccccc1N(c1ccc2c(c1)C1(c3ccccc3-c3ccccc31)c1cccc3c(N(c4ccccc4F)c4ccccc4-c4ccccc4)ccc-2c13)c1ccccc1-c1ccccc1. The van der Waals surface area contributed by atoms with Crippen molar-refractivity contribution in [2.75, 3.05) is 9.80 Å². The van der Waals surface area contributed by atoms with Crippen molar-refractivity contribution in [3.63, 3.8) is 0 Å². The molecule has 11 aromatic rings. The van der Waals surface area contributed by atoms with E-state index in [1.165, 1.54) is 34.4 Å². The van der Waals surface area contributed by atoms with Crippen LogP contribution < -0.4 is 9.80 Å². The molecule has 11 aromatic carbocycles. The third-order valence-electron chi connectivity index (χ3n) is 14.2. The van der Waals surface area contributed by atoms with Gasteiger partial charge in [0.15, 0.2) is 0 Å². The molecule has 2 aliphatic carbocycles. The van der Waals surface area contributed by atoms with Gasteiger partial charge in [-0.2, -0.15) is 0 Å². The Balaban J connectivity index is 1.13. The molecule has 326 valence electrons. The molecule has 2 aliphatic rings. The number of hydrogen-bond donors (Lipinski definition) is 0. The van der Waals surface area contributed by atoms with Crippen LogP contribution in [0.5, 0.6) is 0 Å². The summed E-state index contributed by atoms with van der Waals surface area (Å²) in [6.45, 7) is 0. The lowest BCUT2D eigenvalue weighted by molar-refractivity contribution is 0.628. The van der Waals surface area contributed by atoms with Gasteiger partial charge in [-0.05, 0) is 116 Å². The van der Waals surface area contributed by atoms with Gasteiger partial charge in [0.2, 0.25) is 0 Å². The molecule has 2 nitrogen and oxygen atoms in total. The molecule has 4 heteroatoms. The van der Waals surface area contributed by atoms with E-state index in [0.29, 0.717) is 11.4 Å². The third kappa shape index (κ3) is 6.15. The van der Waals surface area contributed by atoms with E-state index in [-0.39, 0.29) is 11.6 Å².